The van der Waals surface area contributed by atoms with Gasteiger partial charge < -0.3 is 5.11 Å². The van der Waals surface area contributed by atoms with Crippen LogP contribution in [0.3, 0.4) is 0 Å². The molecule has 18 heavy (non-hydrogen) atoms. The molecule has 0 spiro atoms. The highest BCUT2D eigenvalue weighted by molar-refractivity contribution is 7.85. The van der Waals surface area contributed by atoms with Gasteiger partial charge in [-0.05, 0) is 50.1 Å². The highest BCUT2D eigenvalue weighted by Crippen LogP contribution is 2.29. The Kier molecular flexibility index (Phi) is 3.53. The van der Waals surface area contributed by atoms with Crippen molar-refractivity contribution in [1.82, 2.24) is 0 Å². The fourth-order valence-electron chi connectivity index (χ4n) is 1.85. The van der Waals surface area contributed by atoms with E-state index >= 15 is 0 Å². The fraction of sp³-hybridized carbons (Fsp3) is 0.200. The normalized spacial score (nSPS) is 12.4. The van der Waals surface area contributed by atoms with Gasteiger partial charge in [-0.1, -0.05) is 23.8 Å². The molecule has 0 aliphatic carbocycles. The van der Waals surface area contributed by atoms with Crippen molar-refractivity contribution in [2.75, 3.05) is 0 Å². The molecule has 1 N–H and O–H groups in total. The number of hydrogen-bond acceptors (Lipinski definition) is 2. The Morgan fingerprint density at radius 1 is 0.944 bits per heavy atom. The average molecular weight is 260 g/mol. The van der Waals surface area contributed by atoms with Crippen molar-refractivity contribution in [1.29, 1.82) is 0 Å². The number of hydrogen-bond donors (Lipinski definition) is 1. The number of phenolic OH excluding ortho intramolecular Hbond substituents is 1. The number of benzene rings is 2. The second kappa shape index (κ2) is 4.94. The van der Waals surface area contributed by atoms with E-state index < -0.39 is 10.8 Å². The quantitative estimate of drug-likeness (QED) is 0.897. The van der Waals surface area contributed by atoms with E-state index in [2.05, 4.69) is 0 Å². The first-order valence-corrected chi connectivity index (χ1v) is 6.92. The van der Waals surface area contributed by atoms with Gasteiger partial charge in [-0.25, -0.2) is 4.21 Å². The Labute approximate surface area is 110 Å². The Balaban J connectivity index is 2.49. The second-order valence-electron chi connectivity index (χ2n) is 4.51. The van der Waals surface area contributed by atoms with Gasteiger partial charge in [0.1, 0.15) is 5.75 Å². The summed E-state index contributed by atoms with van der Waals surface area (Å²) in [5, 5.41) is 10.0. The lowest BCUT2D eigenvalue weighted by atomic mass is 10.1. The maximum atomic E-state index is 12.4. The molecule has 2 aromatic rings. The topological polar surface area (TPSA) is 37.3 Å². The lowest BCUT2D eigenvalue weighted by molar-refractivity contribution is 0.456. The molecule has 0 fully saturated rings. The molecule has 1 unspecified atom stereocenters. The maximum absolute atomic E-state index is 12.4. The minimum absolute atomic E-state index is 0.125. The van der Waals surface area contributed by atoms with E-state index in [9.17, 15) is 9.32 Å². The highest BCUT2D eigenvalue weighted by atomic mass is 32.2. The maximum Gasteiger partial charge on any atom is 0.134 e. The van der Waals surface area contributed by atoms with Crippen LogP contribution in [0.4, 0.5) is 0 Å². The van der Waals surface area contributed by atoms with Gasteiger partial charge in [0.15, 0.2) is 0 Å². The van der Waals surface area contributed by atoms with Crippen LogP contribution in [0.5, 0.6) is 5.75 Å². The average Bonchev–Trinajstić information content (AvgIpc) is 2.34. The van der Waals surface area contributed by atoms with Crippen LogP contribution in [0.1, 0.15) is 16.7 Å². The lowest BCUT2D eigenvalue weighted by Crippen LogP contribution is -1.96. The zero-order valence-corrected chi connectivity index (χ0v) is 11.5. The van der Waals surface area contributed by atoms with Gasteiger partial charge in [0.2, 0.25) is 0 Å². The highest BCUT2D eigenvalue weighted by Gasteiger charge is 2.14. The largest absolute Gasteiger partial charge is 0.506 e. The Morgan fingerprint density at radius 3 is 2.17 bits per heavy atom. The van der Waals surface area contributed by atoms with Gasteiger partial charge in [0.25, 0.3) is 0 Å². The van der Waals surface area contributed by atoms with E-state index in [-0.39, 0.29) is 5.75 Å². The van der Waals surface area contributed by atoms with E-state index in [1.807, 2.05) is 51.1 Å². The van der Waals surface area contributed by atoms with Crippen LogP contribution in [0, 0.1) is 20.8 Å². The first kappa shape index (κ1) is 12.8. The summed E-state index contributed by atoms with van der Waals surface area (Å²) in [7, 11) is -1.34. The van der Waals surface area contributed by atoms with Crippen molar-refractivity contribution in [3.63, 3.8) is 0 Å². The summed E-state index contributed by atoms with van der Waals surface area (Å²) in [6.45, 7) is 5.74. The third-order valence-electron chi connectivity index (χ3n) is 2.84. The Bertz CT molecular complexity index is 601. The van der Waals surface area contributed by atoms with Gasteiger partial charge in [0, 0.05) is 4.90 Å². The predicted octanol–water partition coefficient (Wildman–Crippen LogP) is 3.48. The van der Waals surface area contributed by atoms with E-state index in [1.165, 1.54) is 0 Å². The molecule has 2 nitrogen and oxygen atoms in total. The molecule has 2 aromatic carbocycles. The molecule has 0 aromatic heterocycles. The Morgan fingerprint density at radius 2 is 1.56 bits per heavy atom. The smallest absolute Gasteiger partial charge is 0.134 e. The first-order valence-electron chi connectivity index (χ1n) is 5.77. The summed E-state index contributed by atoms with van der Waals surface area (Å²) < 4.78 is 12.4. The van der Waals surface area contributed by atoms with Crippen molar-refractivity contribution >= 4 is 10.8 Å². The lowest BCUT2D eigenvalue weighted by Gasteiger charge is -2.09. The minimum atomic E-state index is -1.34. The molecule has 0 bridgehead atoms. The third-order valence-corrected chi connectivity index (χ3v) is 4.26. The van der Waals surface area contributed by atoms with Crippen LogP contribution in [0.25, 0.3) is 0 Å². The predicted molar refractivity (Wildman–Crippen MR) is 73.4 cm³/mol. The molecular formula is C15H16O2S. The second-order valence-corrected chi connectivity index (χ2v) is 5.96. The number of rotatable bonds is 2. The summed E-state index contributed by atoms with van der Waals surface area (Å²) in [6, 6.07) is 11.2. The van der Waals surface area contributed by atoms with Gasteiger partial charge in [0.05, 0.1) is 15.7 Å². The minimum Gasteiger partial charge on any atom is -0.506 e. The molecule has 0 aliphatic rings. The van der Waals surface area contributed by atoms with E-state index in [0.717, 1.165) is 16.7 Å². The van der Waals surface area contributed by atoms with Crippen LogP contribution in [0.2, 0.25) is 0 Å². The summed E-state index contributed by atoms with van der Waals surface area (Å²) in [6.07, 6.45) is 0. The number of phenols is 1. The van der Waals surface area contributed by atoms with Crippen LogP contribution in [-0.2, 0) is 10.8 Å². The molecule has 1 atom stereocenters. The number of aromatic hydroxyl groups is 1. The zero-order valence-electron chi connectivity index (χ0n) is 10.7. The molecule has 0 saturated heterocycles. The van der Waals surface area contributed by atoms with Crippen molar-refractivity contribution in [2.24, 2.45) is 0 Å². The van der Waals surface area contributed by atoms with Crippen molar-refractivity contribution in [3.8, 4) is 5.75 Å². The van der Waals surface area contributed by atoms with Gasteiger partial charge in [-0.2, -0.15) is 0 Å². The molecule has 0 heterocycles. The van der Waals surface area contributed by atoms with Crippen LogP contribution in [-0.4, -0.2) is 9.32 Å². The van der Waals surface area contributed by atoms with Crippen LogP contribution in [0.15, 0.2) is 46.2 Å². The third kappa shape index (κ3) is 2.46. The zero-order chi connectivity index (χ0) is 13.3. The van der Waals surface area contributed by atoms with Crippen LogP contribution < -0.4 is 0 Å². The SMILES string of the molecule is Cc1ccc(S(=O)c2cc(C)cc(C)c2O)cc1. The molecular weight excluding hydrogens is 244 g/mol. The first-order chi connectivity index (χ1) is 8.49. The van der Waals surface area contributed by atoms with E-state index in [4.69, 9.17) is 0 Å². The molecule has 3 heteroatoms. The van der Waals surface area contributed by atoms with E-state index in [0.29, 0.717) is 9.79 Å². The monoisotopic (exact) mass is 260 g/mol. The molecule has 2 rings (SSSR count). The van der Waals surface area contributed by atoms with E-state index in [1.54, 1.807) is 6.07 Å². The van der Waals surface area contributed by atoms with Crippen molar-refractivity contribution < 1.29 is 9.32 Å². The number of aryl methyl sites for hydroxylation is 3. The summed E-state index contributed by atoms with van der Waals surface area (Å²) in [5.74, 6) is 0.125. The molecule has 0 radical (unpaired) electrons. The van der Waals surface area contributed by atoms with Crippen LogP contribution >= 0.6 is 0 Å². The molecule has 0 saturated carbocycles. The van der Waals surface area contributed by atoms with Gasteiger partial charge in [-0.3, -0.25) is 0 Å². The van der Waals surface area contributed by atoms with Crippen molar-refractivity contribution in [3.05, 3.63) is 53.1 Å². The van der Waals surface area contributed by atoms with Gasteiger partial charge in [-0.15, -0.1) is 0 Å². The standard InChI is InChI=1S/C15H16O2S/c1-10-4-6-13(7-5-10)18(17)14-9-11(2)8-12(3)15(14)16/h4-9,16H,1-3H3. The van der Waals surface area contributed by atoms with Gasteiger partial charge >= 0.3 is 0 Å². The molecule has 94 valence electrons. The van der Waals surface area contributed by atoms with Crippen molar-refractivity contribution in [2.45, 2.75) is 30.6 Å². The fourth-order valence-corrected chi connectivity index (χ4v) is 3.12. The summed E-state index contributed by atoms with van der Waals surface area (Å²) in [4.78, 5) is 1.19. The molecule has 0 aliphatic heterocycles. The Hall–Kier alpha value is -1.61. The summed E-state index contributed by atoms with van der Waals surface area (Å²) in [5.41, 5.74) is 2.88. The summed E-state index contributed by atoms with van der Waals surface area (Å²) >= 11 is 0. The molecule has 0 amide bonds.